The van der Waals surface area contributed by atoms with Gasteiger partial charge in [-0.05, 0) is 60.8 Å². The van der Waals surface area contributed by atoms with E-state index in [9.17, 15) is 9.59 Å². The lowest BCUT2D eigenvalue weighted by Crippen LogP contribution is -2.42. The van der Waals surface area contributed by atoms with Crippen LogP contribution >= 0.6 is 11.8 Å². The molecule has 2 aliphatic heterocycles. The standard InChI is InChI=1S/C23H31NO2S/c1-4-15-5-7-17-19(13-15)27-20-14-16(6-8-18(20)21(17)25)22(26)24-11-9-23(2,3)10-12-24/h6,14-15,18H,4-5,7-13H2,1-3H3/t15?,18-/m1/s1. The Morgan fingerprint density at radius 2 is 2.04 bits per heavy atom. The molecule has 0 N–H and O–H groups in total. The number of amides is 1. The van der Waals surface area contributed by atoms with E-state index in [0.717, 1.165) is 61.2 Å². The molecule has 2 atom stereocenters. The molecule has 4 rings (SSSR count). The molecular formula is C23H31NO2S. The smallest absolute Gasteiger partial charge is 0.253 e. The molecule has 0 spiro atoms. The van der Waals surface area contributed by atoms with Gasteiger partial charge in [-0.2, -0.15) is 0 Å². The van der Waals surface area contributed by atoms with Gasteiger partial charge in [0.25, 0.3) is 5.91 Å². The first-order valence-corrected chi connectivity index (χ1v) is 11.3. The molecule has 1 unspecified atom stereocenters. The summed E-state index contributed by atoms with van der Waals surface area (Å²) < 4.78 is 0. The number of hydrogen-bond acceptors (Lipinski definition) is 3. The largest absolute Gasteiger partial charge is 0.339 e. The highest BCUT2D eigenvalue weighted by Gasteiger charge is 2.38. The second kappa shape index (κ2) is 7.27. The van der Waals surface area contributed by atoms with Gasteiger partial charge in [-0.25, -0.2) is 0 Å². The van der Waals surface area contributed by atoms with Crippen molar-refractivity contribution in [3.05, 3.63) is 33.1 Å². The van der Waals surface area contributed by atoms with Gasteiger partial charge in [-0.1, -0.05) is 45.0 Å². The summed E-state index contributed by atoms with van der Waals surface area (Å²) in [5.41, 5.74) is 2.23. The van der Waals surface area contributed by atoms with Crippen molar-refractivity contribution < 1.29 is 9.59 Å². The Morgan fingerprint density at radius 3 is 2.74 bits per heavy atom. The van der Waals surface area contributed by atoms with Crippen LogP contribution in [-0.2, 0) is 9.59 Å². The fraction of sp³-hybridized carbons (Fsp3) is 0.652. The number of fused-ring (bicyclic) bond motifs is 1. The van der Waals surface area contributed by atoms with Crippen LogP contribution in [0.15, 0.2) is 33.1 Å². The predicted molar refractivity (Wildman–Crippen MR) is 111 cm³/mol. The summed E-state index contributed by atoms with van der Waals surface area (Å²) >= 11 is 1.80. The number of allylic oxidation sites excluding steroid dienone is 4. The highest BCUT2D eigenvalue weighted by molar-refractivity contribution is 8.06. The van der Waals surface area contributed by atoms with Gasteiger partial charge in [-0.3, -0.25) is 9.59 Å². The molecule has 4 aliphatic rings. The monoisotopic (exact) mass is 385 g/mol. The summed E-state index contributed by atoms with van der Waals surface area (Å²) in [5, 5.41) is 0. The molecule has 0 saturated carbocycles. The summed E-state index contributed by atoms with van der Waals surface area (Å²) in [7, 11) is 0. The maximum atomic E-state index is 13.0. The Hall–Kier alpha value is -1.29. The van der Waals surface area contributed by atoms with Crippen molar-refractivity contribution in [3.8, 4) is 0 Å². The number of hydrogen-bond donors (Lipinski definition) is 0. The van der Waals surface area contributed by atoms with Crippen LogP contribution in [0.2, 0.25) is 0 Å². The van der Waals surface area contributed by atoms with E-state index in [0.29, 0.717) is 23.5 Å². The van der Waals surface area contributed by atoms with E-state index in [1.165, 1.54) is 11.3 Å². The molecule has 1 amide bonds. The first-order valence-electron chi connectivity index (χ1n) is 10.5. The second-order valence-corrected chi connectivity index (χ2v) is 10.5. The van der Waals surface area contributed by atoms with Crippen LogP contribution in [0.3, 0.4) is 0 Å². The molecule has 27 heavy (non-hydrogen) atoms. The number of carbonyl (C=O) groups is 2. The third-order valence-electron chi connectivity index (χ3n) is 6.91. The van der Waals surface area contributed by atoms with Gasteiger partial charge in [-0.15, -0.1) is 0 Å². The molecular weight excluding hydrogens is 354 g/mol. The molecule has 3 nitrogen and oxygen atoms in total. The zero-order valence-electron chi connectivity index (χ0n) is 16.8. The Kier molecular flexibility index (Phi) is 5.13. The lowest BCUT2D eigenvalue weighted by molar-refractivity contribution is -0.129. The van der Waals surface area contributed by atoms with Crippen molar-refractivity contribution in [2.75, 3.05) is 13.1 Å². The molecule has 0 bridgehead atoms. The van der Waals surface area contributed by atoms with Crippen LogP contribution in [0.1, 0.15) is 65.7 Å². The van der Waals surface area contributed by atoms with Crippen molar-refractivity contribution in [2.24, 2.45) is 17.3 Å². The van der Waals surface area contributed by atoms with Crippen LogP contribution in [0.5, 0.6) is 0 Å². The van der Waals surface area contributed by atoms with E-state index in [1.807, 2.05) is 17.1 Å². The highest BCUT2D eigenvalue weighted by atomic mass is 32.2. The maximum absolute atomic E-state index is 13.0. The zero-order chi connectivity index (χ0) is 19.2. The lowest BCUT2D eigenvalue weighted by Gasteiger charge is -2.38. The average molecular weight is 386 g/mol. The van der Waals surface area contributed by atoms with Crippen molar-refractivity contribution in [2.45, 2.75) is 65.7 Å². The van der Waals surface area contributed by atoms with E-state index < -0.39 is 0 Å². The quantitative estimate of drug-likeness (QED) is 0.652. The minimum Gasteiger partial charge on any atom is -0.339 e. The first-order chi connectivity index (χ1) is 12.9. The molecule has 2 aliphatic carbocycles. The van der Waals surface area contributed by atoms with Gasteiger partial charge >= 0.3 is 0 Å². The van der Waals surface area contributed by atoms with Gasteiger partial charge in [0.15, 0.2) is 5.78 Å². The molecule has 0 radical (unpaired) electrons. The van der Waals surface area contributed by atoms with E-state index >= 15 is 0 Å². The summed E-state index contributed by atoms with van der Waals surface area (Å²) in [6.45, 7) is 8.49. The van der Waals surface area contributed by atoms with Crippen molar-refractivity contribution in [1.82, 2.24) is 4.90 Å². The van der Waals surface area contributed by atoms with E-state index in [-0.39, 0.29) is 11.8 Å². The molecule has 1 saturated heterocycles. The molecule has 0 aromatic heterocycles. The molecule has 4 heteroatoms. The molecule has 0 aromatic carbocycles. The van der Waals surface area contributed by atoms with E-state index in [2.05, 4.69) is 20.8 Å². The van der Waals surface area contributed by atoms with Crippen molar-refractivity contribution >= 4 is 23.5 Å². The van der Waals surface area contributed by atoms with Crippen LogP contribution < -0.4 is 0 Å². The van der Waals surface area contributed by atoms with Gasteiger partial charge in [0, 0.05) is 29.1 Å². The van der Waals surface area contributed by atoms with Gasteiger partial charge in [0.2, 0.25) is 0 Å². The Morgan fingerprint density at radius 1 is 1.30 bits per heavy atom. The van der Waals surface area contributed by atoms with Crippen LogP contribution in [0.25, 0.3) is 0 Å². The van der Waals surface area contributed by atoms with E-state index in [1.54, 1.807) is 11.8 Å². The topological polar surface area (TPSA) is 37.4 Å². The fourth-order valence-corrected chi connectivity index (χ4v) is 6.16. The lowest BCUT2D eigenvalue weighted by atomic mass is 9.80. The highest BCUT2D eigenvalue weighted by Crippen LogP contribution is 2.50. The molecule has 1 fully saturated rings. The average Bonchev–Trinajstić information content (AvgIpc) is 2.66. The third-order valence-corrected chi connectivity index (χ3v) is 8.21. The number of nitrogens with zero attached hydrogens (tertiary/aromatic N) is 1. The van der Waals surface area contributed by atoms with Crippen molar-refractivity contribution in [1.29, 1.82) is 0 Å². The van der Waals surface area contributed by atoms with Crippen molar-refractivity contribution in [3.63, 3.8) is 0 Å². The van der Waals surface area contributed by atoms with Crippen LogP contribution in [-0.4, -0.2) is 29.7 Å². The number of likely N-dealkylation sites (tertiary alicyclic amines) is 1. The minimum atomic E-state index is -0.0382. The first kappa shape index (κ1) is 19.0. The SMILES string of the molecule is CCC1CCC2=C(C1)SC1=CC(C(=O)N3CCC(C)(C)CC3)=CC[C@H]1C2=O. The number of rotatable bonds is 2. The zero-order valence-corrected chi connectivity index (χ0v) is 17.7. The number of Topliss-reactive ketones (excluding diaryl/α,β-unsaturated/α-hetero) is 1. The van der Waals surface area contributed by atoms with Crippen LogP contribution in [0, 0.1) is 17.3 Å². The van der Waals surface area contributed by atoms with Gasteiger partial charge in [0.05, 0.1) is 5.92 Å². The second-order valence-electron chi connectivity index (χ2n) is 9.34. The third kappa shape index (κ3) is 3.70. The number of piperidine rings is 1. The Balaban J connectivity index is 1.50. The van der Waals surface area contributed by atoms with Crippen LogP contribution in [0.4, 0.5) is 0 Å². The van der Waals surface area contributed by atoms with E-state index in [4.69, 9.17) is 0 Å². The number of ketones is 1. The predicted octanol–water partition coefficient (Wildman–Crippen LogP) is 5.25. The summed E-state index contributed by atoms with van der Waals surface area (Å²) in [4.78, 5) is 30.4. The van der Waals surface area contributed by atoms with Gasteiger partial charge in [0.1, 0.15) is 0 Å². The maximum Gasteiger partial charge on any atom is 0.253 e. The molecule has 146 valence electrons. The van der Waals surface area contributed by atoms with Gasteiger partial charge < -0.3 is 4.90 Å². The number of thioether (sulfide) groups is 1. The molecule has 0 aromatic rings. The fourth-order valence-electron chi connectivity index (χ4n) is 4.70. The molecule has 2 heterocycles. The normalized spacial score (nSPS) is 30.3. The minimum absolute atomic E-state index is 0.0382. The summed E-state index contributed by atoms with van der Waals surface area (Å²) in [6.07, 6.45) is 11.2. The summed E-state index contributed by atoms with van der Waals surface area (Å²) in [6, 6.07) is 0. The Bertz CT molecular complexity index is 748. The number of carbonyl (C=O) groups excluding carboxylic acids is 2. The Labute approximate surface area is 167 Å². The summed E-state index contributed by atoms with van der Waals surface area (Å²) in [5.74, 6) is 1.15.